The van der Waals surface area contributed by atoms with Crippen molar-refractivity contribution in [2.24, 2.45) is 0 Å². The van der Waals surface area contributed by atoms with Gasteiger partial charge >= 0.3 is 0 Å². The van der Waals surface area contributed by atoms with Gasteiger partial charge in [-0.05, 0) is 56.8 Å². The van der Waals surface area contributed by atoms with Gasteiger partial charge in [-0.2, -0.15) is 23.5 Å². The molecule has 2 N–H and O–H groups in total. The van der Waals surface area contributed by atoms with Gasteiger partial charge in [0.2, 0.25) is 0 Å². The van der Waals surface area contributed by atoms with Crippen molar-refractivity contribution in [1.82, 2.24) is 0 Å². The maximum absolute atomic E-state index is 11.4. The van der Waals surface area contributed by atoms with E-state index in [9.17, 15) is 10.2 Å². The minimum Gasteiger partial charge on any atom is -0.507 e. The Morgan fingerprint density at radius 3 is 1.14 bits per heavy atom. The molecule has 1 aliphatic rings. The number of hydrogen-bond donors (Lipinski definition) is 2. The molecule has 2 aromatic rings. The van der Waals surface area contributed by atoms with E-state index in [1.807, 2.05) is 23.5 Å². The van der Waals surface area contributed by atoms with Crippen molar-refractivity contribution in [1.29, 1.82) is 0 Å². The molecule has 0 saturated heterocycles. The molecule has 0 aromatic heterocycles. The van der Waals surface area contributed by atoms with Crippen LogP contribution in [0.4, 0.5) is 0 Å². The van der Waals surface area contributed by atoms with E-state index in [1.165, 1.54) is 49.7 Å². The maximum atomic E-state index is 11.4. The standard InChI is InChI=1S/C38H60O2S2/c1-35(2,3)27-19-25(33(39)29(21-27)37(7,8)9)23-41-31-17-15-13-14-16-18-32(31)42-24-26-20-28(36(4,5)6)22-30(34(26)40)38(10,11)12/h19-22,31-32,39-40H,13-18,23-24H2,1-12H3/t31-,32-/m0/s1. The minimum absolute atomic E-state index is 0.0290. The summed E-state index contributed by atoms with van der Waals surface area (Å²) in [6, 6.07) is 8.96. The van der Waals surface area contributed by atoms with Gasteiger partial charge in [0.25, 0.3) is 0 Å². The fraction of sp³-hybridized carbons (Fsp3) is 0.684. The lowest BCUT2D eigenvalue weighted by atomic mass is 9.79. The first kappa shape index (κ1) is 35.2. The van der Waals surface area contributed by atoms with Gasteiger partial charge in [0.05, 0.1) is 0 Å². The molecule has 0 unspecified atom stereocenters. The average Bonchev–Trinajstić information content (AvgIpc) is 2.81. The highest BCUT2D eigenvalue weighted by Gasteiger charge is 2.29. The molecule has 2 nitrogen and oxygen atoms in total. The van der Waals surface area contributed by atoms with E-state index in [1.54, 1.807) is 0 Å². The van der Waals surface area contributed by atoms with Crippen LogP contribution < -0.4 is 0 Å². The smallest absolute Gasteiger partial charge is 0.123 e. The Kier molecular flexibility index (Phi) is 11.2. The van der Waals surface area contributed by atoms with Crippen LogP contribution in [0.3, 0.4) is 0 Å². The number of aromatic hydroxyl groups is 2. The van der Waals surface area contributed by atoms with Crippen LogP contribution in [0, 0.1) is 0 Å². The van der Waals surface area contributed by atoms with Crippen LogP contribution in [0.15, 0.2) is 24.3 Å². The molecule has 0 radical (unpaired) electrons. The van der Waals surface area contributed by atoms with Crippen LogP contribution in [0.5, 0.6) is 11.5 Å². The molecule has 236 valence electrons. The molecule has 0 spiro atoms. The number of hydrogen-bond acceptors (Lipinski definition) is 4. The summed E-state index contributed by atoms with van der Waals surface area (Å²) < 4.78 is 0. The second-order valence-corrected chi connectivity index (χ2v) is 19.2. The number of benzene rings is 2. The Bertz CT molecular complexity index is 1110. The first-order chi connectivity index (χ1) is 19.2. The van der Waals surface area contributed by atoms with Crippen LogP contribution in [-0.4, -0.2) is 20.7 Å². The monoisotopic (exact) mass is 612 g/mol. The zero-order chi connectivity index (χ0) is 31.7. The van der Waals surface area contributed by atoms with Crippen LogP contribution in [0.25, 0.3) is 0 Å². The van der Waals surface area contributed by atoms with Gasteiger partial charge in [0, 0.05) is 33.1 Å². The number of phenolic OH excluding ortho intramolecular Hbond substituents is 2. The summed E-state index contributed by atoms with van der Waals surface area (Å²) in [6.45, 7) is 26.8. The van der Waals surface area contributed by atoms with Crippen LogP contribution >= 0.6 is 23.5 Å². The zero-order valence-electron chi connectivity index (χ0n) is 28.8. The molecule has 1 saturated carbocycles. The number of rotatable bonds is 6. The normalized spacial score (nSPS) is 19.4. The molecule has 1 fully saturated rings. The van der Waals surface area contributed by atoms with Crippen molar-refractivity contribution in [3.63, 3.8) is 0 Å². The third-order valence-corrected chi connectivity index (χ3v) is 11.9. The van der Waals surface area contributed by atoms with Gasteiger partial charge in [-0.15, -0.1) is 0 Å². The van der Waals surface area contributed by atoms with Crippen LogP contribution in [0.1, 0.15) is 155 Å². The Balaban J connectivity index is 1.89. The first-order valence-electron chi connectivity index (χ1n) is 16.2. The van der Waals surface area contributed by atoms with E-state index >= 15 is 0 Å². The molecule has 1 aliphatic carbocycles. The van der Waals surface area contributed by atoms with E-state index in [0.717, 1.165) is 33.8 Å². The molecule has 0 heterocycles. The molecular formula is C38H60O2S2. The Morgan fingerprint density at radius 2 is 0.857 bits per heavy atom. The van der Waals surface area contributed by atoms with Crippen LogP contribution in [0.2, 0.25) is 0 Å². The van der Waals surface area contributed by atoms with Gasteiger partial charge in [0.1, 0.15) is 11.5 Å². The summed E-state index contributed by atoms with van der Waals surface area (Å²) in [5.74, 6) is 2.63. The predicted octanol–water partition coefficient (Wildman–Crippen LogP) is 11.5. The van der Waals surface area contributed by atoms with E-state index in [0.29, 0.717) is 22.0 Å². The molecule has 0 bridgehead atoms. The molecule has 0 amide bonds. The van der Waals surface area contributed by atoms with E-state index in [-0.39, 0.29) is 21.7 Å². The van der Waals surface area contributed by atoms with Crippen molar-refractivity contribution in [3.8, 4) is 11.5 Å². The zero-order valence-corrected chi connectivity index (χ0v) is 30.5. The van der Waals surface area contributed by atoms with Gasteiger partial charge in [-0.25, -0.2) is 0 Å². The summed E-state index contributed by atoms with van der Waals surface area (Å²) in [5.41, 5.74) is 6.69. The molecule has 42 heavy (non-hydrogen) atoms. The highest BCUT2D eigenvalue weighted by atomic mass is 32.2. The highest BCUT2D eigenvalue weighted by molar-refractivity contribution is 8.03. The maximum Gasteiger partial charge on any atom is 0.123 e. The van der Waals surface area contributed by atoms with Gasteiger partial charge in [-0.1, -0.05) is 133 Å². The second-order valence-electron chi connectivity index (χ2n) is 16.8. The number of thioether (sulfide) groups is 2. The third-order valence-electron chi connectivity index (χ3n) is 8.77. The van der Waals surface area contributed by atoms with E-state index in [4.69, 9.17) is 0 Å². The van der Waals surface area contributed by atoms with Gasteiger partial charge in [0.15, 0.2) is 0 Å². The summed E-state index contributed by atoms with van der Waals surface area (Å²) in [4.78, 5) is 0. The molecule has 2 atom stereocenters. The van der Waals surface area contributed by atoms with Crippen molar-refractivity contribution < 1.29 is 10.2 Å². The second kappa shape index (κ2) is 13.4. The fourth-order valence-electron chi connectivity index (χ4n) is 5.81. The lowest BCUT2D eigenvalue weighted by Crippen LogP contribution is -2.23. The summed E-state index contributed by atoms with van der Waals surface area (Å²) in [7, 11) is 0. The molecule has 2 aromatic carbocycles. The quantitative estimate of drug-likeness (QED) is 0.340. The van der Waals surface area contributed by atoms with Crippen molar-refractivity contribution in [2.75, 3.05) is 0 Å². The fourth-order valence-corrected chi connectivity index (χ4v) is 8.88. The summed E-state index contributed by atoms with van der Waals surface area (Å²) in [6.07, 6.45) is 7.61. The van der Waals surface area contributed by atoms with Gasteiger partial charge in [-0.3, -0.25) is 0 Å². The van der Waals surface area contributed by atoms with Crippen molar-refractivity contribution in [3.05, 3.63) is 57.6 Å². The summed E-state index contributed by atoms with van der Waals surface area (Å²) in [5, 5.41) is 23.9. The number of phenols is 2. The van der Waals surface area contributed by atoms with Crippen molar-refractivity contribution in [2.45, 2.75) is 165 Å². The predicted molar refractivity (Wildman–Crippen MR) is 189 cm³/mol. The Hall–Kier alpha value is -1.26. The minimum atomic E-state index is -0.112. The highest BCUT2D eigenvalue weighted by Crippen LogP contribution is 2.44. The van der Waals surface area contributed by atoms with Crippen LogP contribution in [-0.2, 0) is 33.2 Å². The van der Waals surface area contributed by atoms with E-state index in [2.05, 4.69) is 107 Å². The SMILES string of the molecule is CC(C)(C)c1cc(CS[C@H]2CCCCCC[C@@H]2SCc2cc(C(C)(C)C)cc(C(C)(C)C)c2O)c(O)c(C(C)(C)C)c1. The molecule has 4 heteroatoms. The molecule has 3 rings (SSSR count). The summed E-state index contributed by atoms with van der Waals surface area (Å²) >= 11 is 4.09. The molecule has 0 aliphatic heterocycles. The largest absolute Gasteiger partial charge is 0.507 e. The first-order valence-corrected chi connectivity index (χ1v) is 18.3. The van der Waals surface area contributed by atoms with Gasteiger partial charge < -0.3 is 10.2 Å². The third kappa shape index (κ3) is 9.13. The topological polar surface area (TPSA) is 40.5 Å². The molecular weight excluding hydrogens is 553 g/mol. The lowest BCUT2D eigenvalue weighted by Gasteiger charge is -2.31. The Morgan fingerprint density at radius 1 is 0.524 bits per heavy atom. The average molecular weight is 613 g/mol. The van der Waals surface area contributed by atoms with Crippen molar-refractivity contribution >= 4 is 23.5 Å². The van der Waals surface area contributed by atoms with E-state index < -0.39 is 0 Å². The lowest BCUT2D eigenvalue weighted by molar-refractivity contribution is 0.439. The Labute approximate surface area is 267 Å².